The molecule has 3 rings (SSSR count). The van der Waals surface area contributed by atoms with Gasteiger partial charge < -0.3 is 10.6 Å². The molecule has 0 spiro atoms. The van der Waals surface area contributed by atoms with E-state index in [1.54, 1.807) is 47.4 Å². The van der Waals surface area contributed by atoms with Gasteiger partial charge in [0.1, 0.15) is 5.84 Å². The van der Waals surface area contributed by atoms with Gasteiger partial charge in [-0.05, 0) is 35.4 Å². The summed E-state index contributed by atoms with van der Waals surface area (Å²) < 4.78 is 26.3. The van der Waals surface area contributed by atoms with E-state index >= 15 is 0 Å². The minimum absolute atomic E-state index is 0.0411. The van der Waals surface area contributed by atoms with Crippen LogP contribution in [0.1, 0.15) is 16.7 Å². The van der Waals surface area contributed by atoms with Crippen LogP contribution in [0.3, 0.4) is 0 Å². The second-order valence-corrected chi connectivity index (χ2v) is 8.92. The molecular weight excluding hydrogens is 412 g/mol. The van der Waals surface area contributed by atoms with Gasteiger partial charge in [0.2, 0.25) is 15.9 Å². The molecule has 1 fully saturated rings. The zero-order chi connectivity index (χ0) is 21.0. The second-order valence-electron chi connectivity index (χ2n) is 6.67. The van der Waals surface area contributed by atoms with E-state index in [2.05, 4.69) is 0 Å². The standard InChI is InChI=1S/C20H21ClN4O3S/c21-18-6-2-3-15(12-18)7-10-29(27,28)25-9-8-24(19(26)14-25)13-16-4-1-5-17(11-16)20(22)23/h1-7,10-12H,8-9,13-14H2,(H3,22,23)/b10-7+. The van der Waals surface area contributed by atoms with Gasteiger partial charge in [-0.1, -0.05) is 41.9 Å². The molecule has 152 valence electrons. The quantitative estimate of drug-likeness (QED) is 0.539. The molecule has 9 heteroatoms. The van der Waals surface area contributed by atoms with Crippen molar-refractivity contribution in [3.63, 3.8) is 0 Å². The first kappa shape index (κ1) is 21.0. The summed E-state index contributed by atoms with van der Waals surface area (Å²) in [6, 6.07) is 13.9. The van der Waals surface area contributed by atoms with Gasteiger partial charge in [0, 0.05) is 35.6 Å². The van der Waals surface area contributed by atoms with Crippen molar-refractivity contribution in [3.8, 4) is 0 Å². The predicted molar refractivity (Wildman–Crippen MR) is 114 cm³/mol. The number of amidine groups is 1. The van der Waals surface area contributed by atoms with E-state index in [0.717, 1.165) is 11.0 Å². The van der Waals surface area contributed by atoms with Crippen molar-refractivity contribution in [2.24, 2.45) is 5.73 Å². The Morgan fingerprint density at radius 1 is 1.17 bits per heavy atom. The summed E-state index contributed by atoms with van der Waals surface area (Å²) in [5.74, 6) is -0.315. The first-order valence-corrected chi connectivity index (χ1v) is 10.8. The maximum Gasteiger partial charge on any atom is 0.238 e. The van der Waals surface area contributed by atoms with Crippen LogP contribution in [-0.4, -0.2) is 49.0 Å². The van der Waals surface area contributed by atoms with Gasteiger partial charge >= 0.3 is 0 Å². The van der Waals surface area contributed by atoms with Crippen LogP contribution in [0.15, 0.2) is 53.9 Å². The van der Waals surface area contributed by atoms with Crippen LogP contribution in [0.5, 0.6) is 0 Å². The molecule has 2 aromatic carbocycles. The van der Waals surface area contributed by atoms with Crippen LogP contribution in [0.2, 0.25) is 5.02 Å². The first-order chi connectivity index (χ1) is 13.7. The van der Waals surface area contributed by atoms with E-state index in [-0.39, 0.29) is 31.4 Å². The molecule has 1 amide bonds. The Labute approximate surface area is 174 Å². The van der Waals surface area contributed by atoms with Gasteiger partial charge in [0.05, 0.1) is 6.54 Å². The summed E-state index contributed by atoms with van der Waals surface area (Å²) >= 11 is 5.91. The largest absolute Gasteiger partial charge is 0.384 e. The minimum atomic E-state index is -3.72. The summed E-state index contributed by atoms with van der Waals surface area (Å²) in [7, 11) is -3.72. The van der Waals surface area contributed by atoms with Gasteiger partial charge in [-0.2, -0.15) is 4.31 Å². The minimum Gasteiger partial charge on any atom is -0.384 e. The number of nitrogen functional groups attached to an aromatic ring is 1. The number of hydrogen-bond acceptors (Lipinski definition) is 4. The lowest BCUT2D eigenvalue weighted by Crippen LogP contribution is -2.51. The van der Waals surface area contributed by atoms with Gasteiger partial charge in [-0.25, -0.2) is 8.42 Å². The maximum absolute atomic E-state index is 12.6. The number of nitrogens with two attached hydrogens (primary N) is 1. The number of amides is 1. The van der Waals surface area contributed by atoms with Crippen LogP contribution in [0.25, 0.3) is 6.08 Å². The van der Waals surface area contributed by atoms with Gasteiger partial charge in [0.25, 0.3) is 0 Å². The summed E-state index contributed by atoms with van der Waals surface area (Å²) in [6.07, 6.45) is 1.46. The van der Waals surface area contributed by atoms with E-state index in [9.17, 15) is 13.2 Å². The molecule has 0 bridgehead atoms. The normalized spacial score (nSPS) is 15.8. The smallest absolute Gasteiger partial charge is 0.238 e. The van der Waals surface area contributed by atoms with Gasteiger partial charge in [0.15, 0.2) is 0 Å². The van der Waals surface area contributed by atoms with Crippen LogP contribution in [0.4, 0.5) is 0 Å². The molecular formula is C20H21ClN4O3S. The van der Waals surface area contributed by atoms with Crippen molar-refractivity contribution in [3.05, 3.63) is 75.7 Å². The number of benzene rings is 2. The molecule has 1 heterocycles. The Bertz CT molecular complexity index is 1070. The van der Waals surface area contributed by atoms with Crippen molar-refractivity contribution in [2.75, 3.05) is 19.6 Å². The highest BCUT2D eigenvalue weighted by molar-refractivity contribution is 7.92. The third-order valence-electron chi connectivity index (χ3n) is 4.54. The number of nitrogens with one attached hydrogen (secondary N) is 1. The molecule has 2 aromatic rings. The van der Waals surface area contributed by atoms with Crippen LogP contribution in [-0.2, 0) is 21.4 Å². The molecule has 0 saturated carbocycles. The maximum atomic E-state index is 12.6. The van der Waals surface area contributed by atoms with E-state index in [4.69, 9.17) is 22.7 Å². The predicted octanol–water partition coefficient (Wildman–Crippen LogP) is 2.27. The Morgan fingerprint density at radius 3 is 2.62 bits per heavy atom. The van der Waals surface area contributed by atoms with E-state index < -0.39 is 10.0 Å². The third kappa shape index (κ3) is 5.44. The van der Waals surface area contributed by atoms with E-state index in [1.165, 1.54) is 10.4 Å². The number of piperazine rings is 1. The second kappa shape index (κ2) is 8.77. The zero-order valence-corrected chi connectivity index (χ0v) is 17.2. The SMILES string of the molecule is N=C(N)c1cccc(CN2CCN(S(=O)(=O)/C=C/c3cccc(Cl)c3)CC2=O)c1. The number of sulfonamides is 1. The fourth-order valence-electron chi connectivity index (χ4n) is 2.99. The summed E-state index contributed by atoms with van der Waals surface area (Å²) in [5.41, 5.74) is 7.59. The van der Waals surface area contributed by atoms with Crippen LogP contribution < -0.4 is 5.73 Å². The van der Waals surface area contributed by atoms with Gasteiger partial charge in [-0.3, -0.25) is 10.2 Å². The monoisotopic (exact) mass is 432 g/mol. The number of carbonyl (C=O) groups excluding carboxylic acids is 1. The molecule has 3 N–H and O–H groups in total. The van der Waals surface area contributed by atoms with Crippen molar-refractivity contribution in [1.82, 2.24) is 9.21 Å². The van der Waals surface area contributed by atoms with Crippen molar-refractivity contribution >= 4 is 39.4 Å². The first-order valence-electron chi connectivity index (χ1n) is 8.89. The lowest BCUT2D eigenvalue weighted by Gasteiger charge is -2.33. The highest BCUT2D eigenvalue weighted by atomic mass is 35.5. The Kier molecular flexibility index (Phi) is 6.36. The lowest BCUT2D eigenvalue weighted by atomic mass is 10.1. The highest BCUT2D eigenvalue weighted by Gasteiger charge is 2.30. The molecule has 0 unspecified atom stereocenters. The highest BCUT2D eigenvalue weighted by Crippen LogP contribution is 2.17. The zero-order valence-electron chi connectivity index (χ0n) is 15.6. The number of nitrogens with zero attached hydrogens (tertiary/aromatic N) is 2. The number of halogens is 1. The third-order valence-corrected chi connectivity index (χ3v) is 6.28. The summed E-state index contributed by atoms with van der Waals surface area (Å²) in [5, 5.41) is 9.12. The van der Waals surface area contributed by atoms with Crippen molar-refractivity contribution < 1.29 is 13.2 Å². The van der Waals surface area contributed by atoms with Gasteiger partial charge in [-0.15, -0.1) is 0 Å². The van der Waals surface area contributed by atoms with E-state index in [0.29, 0.717) is 22.7 Å². The molecule has 1 saturated heterocycles. The molecule has 0 aromatic heterocycles. The molecule has 29 heavy (non-hydrogen) atoms. The van der Waals surface area contributed by atoms with Crippen LogP contribution >= 0.6 is 11.6 Å². The fourth-order valence-corrected chi connectivity index (χ4v) is 4.32. The molecule has 0 aliphatic carbocycles. The average molecular weight is 433 g/mol. The Balaban J connectivity index is 1.65. The Morgan fingerprint density at radius 2 is 1.93 bits per heavy atom. The van der Waals surface area contributed by atoms with E-state index in [1.807, 2.05) is 6.07 Å². The fraction of sp³-hybridized carbons (Fsp3) is 0.200. The number of hydrogen-bond donors (Lipinski definition) is 2. The molecule has 1 aliphatic heterocycles. The average Bonchev–Trinajstić information content (AvgIpc) is 2.68. The Hall–Kier alpha value is -2.68. The number of rotatable bonds is 6. The lowest BCUT2D eigenvalue weighted by molar-refractivity contribution is -0.134. The number of carbonyl (C=O) groups is 1. The van der Waals surface area contributed by atoms with Crippen molar-refractivity contribution in [2.45, 2.75) is 6.54 Å². The summed E-state index contributed by atoms with van der Waals surface area (Å²) in [4.78, 5) is 14.1. The molecule has 7 nitrogen and oxygen atoms in total. The van der Waals surface area contributed by atoms with Crippen LogP contribution in [0, 0.1) is 5.41 Å². The molecule has 1 aliphatic rings. The van der Waals surface area contributed by atoms with Crippen molar-refractivity contribution in [1.29, 1.82) is 5.41 Å². The molecule has 0 atom stereocenters. The topological polar surface area (TPSA) is 108 Å². The summed E-state index contributed by atoms with van der Waals surface area (Å²) in [6.45, 7) is 0.620. The molecule has 0 radical (unpaired) electrons.